The fraction of sp³-hybridized carbons (Fsp3) is 0.800. The molecule has 5 atom stereocenters. The minimum Gasteiger partial charge on any atom is -0.299 e. The summed E-state index contributed by atoms with van der Waals surface area (Å²) in [5, 5.41) is 0. The van der Waals surface area contributed by atoms with Crippen LogP contribution in [0.25, 0.3) is 0 Å². The number of ketones is 2. The summed E-state index contributed by atoms with van der Waals surface area (Å²) >= 11 is 0. The van der Waals surface area contributed by atoms with Gasteiger partial charge in [-0.05, 0) is 60.3 Å². The minimum atomic E-state index is -0.379. The summed E-state index contributed by atoms with van der Waals surface area (Å²) in [6.45, 7) is 11.0. The second-order valence-electron chi connectivity index (χ2n) is 9.47. The van der Waals surface area contributed by atoms with Crippen LogP contribution in [0.2, 0.25) is 0 Å². The molecular weight excluding hydrogens is 272 g/mol. The van der Waals surface area contributed by atoms with Gasteiger partial charge in [0, 0.05) is 17.8 Å². The third-order valence-electron chi connectivity index (χ3n) is 7.90. The standard InChI is InChI=1S/C20H28O2/c1-12-13-6-7-15-19(4)9-5-8-18(2,3)16(19)14(21)11-20(15,10-13)17(12)22/h13,15-16H,1,5-11H2,2-4H3/t13-,15+,16-,19+,20+/m0/s1. The van der Waals surface area contributed by atoms with Gasteiger partial charge in [0.25, 0.3) is 0 Å². The first kappa shape index (κ1) is 14.7. The number of hydrogen-bond acceptors (Lipinski definition) is 2. The number of carbonyl (C=O) groups excluding carboxylic acids is 2. The topological polar surface area (TPSA) is 34.1 Å². The van der Waals surface area contributed by atoms with E-state index in [4.69, 9.17) is 0 Å². The van der Waals surface area contributed by atoms with Crippen molar-refractivity contribution in [1.29, 1.82) is 0 Å². The van der Waals surface area contributed by atoms with E-state index in [1.54, 1.807) is 0 Å². The molecule has 4 aliphatic carbocycles. The molecule has 22 heavy (non-hydrogen) atoms. The van der Waals surface area contributed by atoms with Crippen molar-refractivity contribution < 1.29 is 9.59 Å². The Hall–Kier alpha value is -0.920. The fourth-order valence-electron chi connectivity index (χ4n) is 7.32. The van der Waals surface area contributed by atoms with Gasteiger partial charge in [-0.1, -0.05) is 33.8 Å². The molecule has 0 heterocycles. The zero-order valence-electron chi connectivity index (χ0n) is 14.2. The lowest BCUT2D eigenvalue weighted by Crippen LogP contribution is -2.61. The van der Waals surface area contributed by atoms with Crippen molar-refractivity contribution in [3.63, 3.8) is 0 Å². The van der Waals surface area contributed by atoms with E-state index in [1.165, 1.54) is 6.42 Å². The fourth-order valence-corrected chi connectivity index (χ4v) is 7.32. The van der Waals surface area contributed by atoms with E-state index in [0.29, 0.717) is 24.0 Å². The van der Waals surface area contributed by atoms with Crippen molar-refractivity contribution in [1.82, 2.24) is 0 Å². The summed E-state index contributed by atoms with van der Waals surface area (Å²) in [5.41, 5.74) is 0.548. The van der Waals surface area contributed by atoms with Gasteiger partial charge in [0.2, 0.25) is 0 Å². The summed E-state index contributed by atoms with van der Waals surface area (Å²) < 4.78 is 0. The van der Waals surface area contributed by atoms with Crippen LogP contribution in [0.3, 0.4) is 0 Å². The second kappa shape index (κ2) is 4.13. The highest BCUT2D eigenvalue weighted by molar-refractivity contribution is 6.06. The summed E-state index contributed by atoms with van der Waals surface area (Å²) in [7, 11) is 0. The monoisotopic (exact) mass is 300 g/mol. The van der Waals surface area contributed by atoms with Gasteiger partial charge in [-0.3, -0.25) is 9.59 Å². The first-order valence-electron chi connectivity index (χ1n) is 8.99. The zero-order valence-corrected chi connectivity index (χ0v) is 14.2. The van der Waals surface area contributed by atoms with Crippen LogP contribution in [0.5, 0.6) is 0 Å². The lowest BCUT2D eigenvalue weighted by molar-refractivity contribution is -0.174. The van der Waals surface area contributed by atoms with Gasteiger partial charge in [-0.2, -0.15) is 0 Å². The van der Waals surface area contributed by atoms with Crippen LogP contribution in [0, 0.1) is 34.0 Å². The molecule has 0 N–H and O–H groups in total. The molecule has 0 saturated heterocycles. The Kier molecular flexibility index (Phi) is 2.75. The Labute approximate surface area is 133 Å². The molecular formula is C20H28O2. The molecule has 0 aliphatic heterocycles. The van der Waals surface area contributed by atoms with Crippen LogP contribution in [0.4, 0.5) is 0 Å². The predicted octanol–water partition coefficient (Wildman–Crippen LogP) is 4.33. The van der Waals surface area contributed by atoms with E-state index in [1.807, 2.05) is 0 Å². The number of fused-ring (bicyclic) bond motifs is 3. The molecule has 2 nitrogen and oxygen atoms in total. The second-order valence-corrected chi connectivity index (χ2v) is 9.47. The first-order chi connectivity index (χ1) is 10.2. The Balaban J connectivity index is 1.85. The van der Waals surface area contributed by atoms with Gasteiger partial charge in [0.15, 0.2) is 5.78 Å². The van der Waals surface area contributed by atoms with E-state index in [-0.39, 0.29) is 27.9 Å². The van der Waals surface area contributed by atoms with Crippen LogP contribution in [0.1, 0.15) is 65.7 Å². The van der Waals surface area contributed by atoms with Crippen LogP contribution in [0.15, 0.2) is 12.2 Å². The lowest BCUT2D eigenvalue weighted by atomic mass is 9.41. The van der Waals surface area contributed by atoms with E-state index in [0.717, 1.165) is 37.7 Å². The van der Waals surface area contributed by atoms with Crippen molar-refractivity contribution in [3.05, 3.63) is 12.2 Å². The molecule has 120 valence electrons. The van der Waals surface area contributed by atoms with Gasteiger partial charge < -0.3 is 0 Å². The van der Waals surface area contributed by atoms with Gasteiger partial charge in [-0.25, -0.2) is 0 Å². The lowest BCUT2D eigenvalue weighted by Gasteiger charge is -2.62. The van der Waals surface area contributed by atoms with Crippen LogP contribution in [-0.4, -0.2) is 11.6 Å². The SMILES string of the molecule is C=C1C(=O)[C@]23CC(=O)[C@H]4C(C)(C)CCC[C@]4(C)[C@H]2CC[C@H]1C3. The van der Waals surface area contributed by atoms with Gasteiger partial charge in [0.05, 0.1) is 0 Å². The van der Waals surface area contributed by atoms with Crippen molar-refractivity contribution in [3.8, 4) is 0 Å². The highest BCUT2D eigenvalue weighted by Gasteiger charge is 2.68. The molecule has 2 bridgehead atoms. The van der Waals surface area contributed by atoms with Crippen molar-refractivity contribution in [2.45, 2.75) is 65.7 Å². The van der Waals surface area contributed by atoms with E-state index in [2.05, 4.69) is 27.4 Å². The van der Waals surface area contributed by atoms with Gasteiger partial charge in [0.1, 0.15) is 5.78 Å². The maximum atomic E-state index is 13.2. The molecule has 0 amide bonds. The average molecular weight is 300 g/mol. The van der Waals surface area contributed by atoms with Crippen molar-refractivity contribution in [2.75, 3.05) is 0 Å². The van der Waals surface area contributed by atoms with E-state index in [9.17, 15) is 9.59 Å². The number of rotatable bonds is 0. The van der Waals surface area contributed by atoms with Gasteiger partial charge >= 0.3 is 0 Å². The Bertz CT molecular complexity index is 587. The summed E-state index contributed by atoms with van der Waals surface area (Å²) in [5.74, 6) is 1.50. The zero-order chi connectivity index (χ0) is 15.9. The Morgan fingerprint density at radius 3 is 2.55 bits per heavy atom. The number of carbonyl (C=O) groups is 2. The first-order valence-corrected chi connectivity index (χ1v) is 8.99. The Morgan fingerprint density at radius 2 is 1.82 bits per heavy atom. The normalized spacial score (nSPS) is 49.8. The summed E-state index contributed by atoms with van der Waals surface area (Å²) in [6.07, 6.45) is 7.07. The molecule has 0 radical (unpaired) electrons. The van der Waals surface area contributed by atoms with Crippen LogP contribution < -0.4 is 0 Å². The molecule has 4 rings (SSSR count). The molecule has 4 fully saturated rings. The van der Waals surface area contributed by atoms with Crippen LogP contribution in [-0.2, 0) is 9.59 Å². The molecule has 0 aromatic rings. The molecule has 0 aromatic carbocycles. The average Bonchev–Trinajstić information content (AvgIpc) is 2.58. The Morgan fingerprint density at radius 1 is 1.09 bits per heavy atom. The van der Waals surface area contributed by atoms with E-state index >= 15 is 0 Å². The van der Waals surface area contributed by atoms with Crippen molar-refractivity contribution in [2.24, 2.45) is 34.0 Å². The maximum Gasteiger partial charge on any atom is 0.165 e. The van der Waals surface area contributed by atoms with E-state index < -0.39 is 0 Å². The number of Topliss-reactive ketones (excluding diaryl/α,β-unsaturated/α-hetero) is 2. The molecule has 0 aromatic heterocycles. The predicted molar refractivity (Wildman–Crippen MR) is 86.3 cm³/mol. The number of hydrogen-bond donors (Lipinski definition) is 0. The summed E-state index contributed by atoms with van der Waals surface area (Å²) in [6, 6.07) is 0. The smallest absolute Gasteiger partial charge is 0.165 e. The molecule has 4 saturated carbocycles. The molecule has 2 heteroatoms. The maximum absolute atomic E-state index is 13.2. The quantitative estimate of drug-likeness (QED) is 0.624. The van der Waals surface area contributed by atoms with Crippen molar-refractivity contribution >= 4 is 11.6 Å². The van der Waals surface area contributed by atoms with Crippen LogP contribution >= 0.6 is 0 Å². The highest BCUT2D eigenvalue weighted by atomic mass is 16.1. The highest BCUT2D eigenvalue weighted by Crippen LogP contribution is 2.70. The van der Waals surface area contributed by atoms with Gasteiger partial charge in [-0.15, -0.1) is 0 Å². The third-order valence-corrected chi connectivity index (χ3v) is 7.90. The largest absolute Gasteiger partial charge is 0.299 e. The third kappa shape index (κ3) is 1.52. The molecule has 0 unspecified atom stereocenters. The number of allylic oxidation sites excluding steroid dienone is 1. The molecule has 4 aliphatic rings. The molecule has 1 spiro atoms. The summed E-state index contributed by atoms with van der Waals surface area (Å²) in [4.78, 5) is 26.2. The minimum absolute atomic E-state index is 0.0162.